The van der Waals surface area contributed by atoms with Crippen LogP contribution < -0.4 is 9.47 Å². The van der Waals surface area contributed by atoms with Crippen molar-refractivity contribution in [3.8, 4) is 23.8 Å². The van der Waals surface area contributed by atoms with E-state index in [9.17, 15) is 9.90 Å². The summed E-state index contributed by atoms with van der Waals surface area (Å²) in [5, 5.41) is 10.6. The normalized spacial score (nSPS) is 11.5. The van der Waals surface area contributed by atoms with Gasteiger partial charge >= 0.3 is 0 Å². The summed E-state index contributed by atoms with van der Waals surface area (Å²) in [7, 11) is 1.65. The van der Waals surface area contributed by atoms with Gasteiger partial charge in [-0.05, 0) is 41.8 Å². The Hall–Kier alpha value is -3.79. The molecule has 0 heterocycles. The molecule has 6 heteroatoms. The number of benzene rings is 3. The van der Waals surface area contributed by atoms with Crippen LogP contribution in [0.1, 0.15) is 11.1 Å². The monoisotopic (exact) mass is 486 g/mol. The van der Waals surface area contributed by atoms with E-state index in [4.69, 9.17) is 15.9 Å². The molecule has 3 aromatic carbocycles. The first kappa shape index (κ1) is 26.8. The number of carbonyl (C=O) groups excluding carboxylic acids is 1. The summed E-state index contributed by atoms with van der Waals surface area (Å²) in [5.74, 6) is 3.66. The number of nitrogens with zero attached hydrogens (tertiary/aromatic N) is 2. The molecule has 0 saturated carbocycles. The average molecular weight is 487 g/mol. The maximum atomic E-state index is 12.0. The Bertz CT molecular complexity index is 1080. The molecule has 0 aliphatic rings. The Morgan fingerprint density at radius 2 is 1.56 bits per heavy atom. The van der Waals surface area contributed by atoms with E-state index in [0.29, 0.717) is 12.3 Å². The van der Waals surface area contributed by atoms with Crippen molar-refractivity contribution in [2.24, 2.45) is 0 Å². The minimum absolute atomic E-state index is 0.0503. The number of aliphatic hydroxyl groups is 1. The molecule has 36 heavy (non-hydrogen) atoms. The van der Waals surface area contributed by atoms with Crippen LogP contribution in [0.4, 0.5) is 0 Å². The van der Waals surface area contributed by atoms with Crippen LogP contribution in [-0.2, 0) is 17.8 Å². The van der Waals surface area contributed by atoms with Gasteiger partial charge in [0.15, 0.2) is 6.61 Å². The number of carbonyl (C=O) groups is 1. The zero-order valence-corrected chi connectivity index (χ0v) is 20.8. The number of ether oxygens (including phenoxy) is 2. The Morgan fingerprint density at radius 3 is 2.22 bits per heavy atom. The molecule has 0 radical (unpaired) electrons. The summed E-state index contributed by atoms with van der Waals surface area (Å²) >= 11 is 0. The lowest BCUT2D eigenvalue weighted by molar-refractivity contribution is -0.131. The van der Waals surface area contributed by atoms with E-state index in [1.165, 1.54) is 10.5 Å². The fraction of sp³-hybridized carbons (Fsp3) is 0.300. The number of hydrogen-bond acceptors (Lipinski definition) is 5. The molecule has 3 rings (SSSR count). The maximum absolute atomic E-state index is 12.0. The summed E-state index contributed by atoms with van der Waals surface area (Å²) in [6, 6.07) is 27.5. The minimum Gasteiger partial charge on any atom is -0.491 e. The molecule has 6 nitrogen and oxygen atoms in total. The van der Waals surface area contributed by atoms with Crippen LogP contribution in [0.3, 0.4) is 0 Å². The van der Waals surface area contributed by atoms with Gasteiger partial charge in [0.2, 0.25) is 0 Å². The molecule has 0 fully saturated rings. The SMILES string of the molecule is C#CCN(C)C(=O)COc1ccc(CCN(Cc2ccccc2)CC(O)COc2ccccc2)cc1. The highest BCUT2D eigenvalue weighted by molar-refractivity contribution is 5.77. The van der Waals surface area contributed by atoms with Crippen LogP contribution >= 0.6 is 0 Å². The van der Waals surface area contributed by atoms with Crippen molar-refractivity contribution in [3.63, 3.8) is 0 Å². The smallest absolute Gasteiger partial charge is 0.261 e. The fourth-order valence-corrected chi connectivity index (χ4v) is 3.66. The summed E-state index contributed by atoms with van der Waals surface area (Å²) < 4.78 is 11.3. The van der Waals surface area contributed by atoms with Crippen LogP contribution in [0.15, 0.2) is 84.9 Å². The second-order valence-corrected chi connectivity index (χ2v) is 8.64. The quantitative estimate of drug-likeness (QED) is 0.353. The lowest BCUT2D eigenvalue weighted by atomic mass is 10.1. The number of amides is 1. The number of rotatable bonds is 14. The van der Waals surface area contributed by atoms with E-state index < -0.39 is 6.10 Å². The molecule has 0 saturated heterocycles. The molecule has 1 atom stereocenters. The molecule has 1 amide bonds. The summed E-state index contributed by atoms with van der Waals surface area (Å²) in [5.41, 5.74) is 2.34. The molecular formula is C30H34N2O4. The molecule has 188 valence electrons. The van der Waals surface area contributed by atoms with Crippen LogP contribution in [0, 0.1) is 12.3 Å². The van der Waals surface area contributed by atoms with Crippen LogP contribution in [0.5, 0.6) is 11.5 Å². The Labute approximate surface area is 214 Å². The van der Waals surface area contributed by atoms with Crippen molar-refractivity contribution in [2.75, 3.05) is 39.9 Å². The molecule has 1 N–H and O–H groups in total. The molecule has 0 bridgehead atoms. The fourth-order valence-electron chi connectivity index (χ4n) is 3.66. The Kier molecular flexibility index (Phi) is 10.9. The zero-order chi connectivity index (χ0) is 25.6. The van der Waals surface area contributed by atoms with Gasteiger partial charge in [-0.15, -0.1) is 6.42 Å². The summed E-state index contributed by atoms with van der Waals surface area (Å²) in [6.45, 7) is 2.44. The molecule has 0 spiro atoms. The highest BCUT2D eigenvalue weighted by Gasteiger charge is 2.14. The summed E-state index contributed by atoms with van der Waals surface area (Å²) in [4.78, 5) is 15.7. The van der Waals surface area contributed by atoms with Gasteiger partial charge in [-0.3, -0.25) is 9.69 Å². The average Bonchev–Trinajstić information content (AvgIpc) is 2.91. The van der Waals surface area contributed by atoms with Crippen molar-refractivity contribution in [3.05, 3.63) is 96.1 Å². The Balaban J connectivity index is 1.52. The largest absolute Gasteiger partial charge is 0.491 e. The summed E-state index contributed by atoms with van der Waals surface area (Å²) in [6.07, 6.45) is 5.43. The first-order valence-corrected chi connectivity index (χ1v) is 12.0. The lowest BCUT2D eigenvalue weighted by Gasteiger charge is -2.25. The zero-order valence-electron chi connectivity index (χ0n) is 20.8. The predicted octanol–water partition coefficient (Wildman–Crippen LogP) is 3.64. The van der Waals surface area contributed by atoms with Crippen molar-refractivity contribution in [1.82, 2.24) is 9.80 Å². The number of hydrogen-bond donors (Lipinski definition) is 1. The van der Waals surface area contributed by atoms with Gasteiger partial charge in [-0.2, -0.15) is 0 Å². The molecule has 0 aliphatic heterocycles. The Morgan fingerprint density at radius 1 is 0.917 bits per heavy atom. The van der Waals surface area contributed by atoms with Crippen molar-refractivity contribution < 1.29 is 19.4 Å². The van der Waals surface area contributed by atoms with Crippen LogP contribution in [0.2, 0.25) is 0 Å². The van der Waals surface area contributed by atoms with E-state index >= 15 is 0 Å². The predicted molar refractivity (Wildman–Crippen MR) is 142 cm³/mol. The third kappa shape index (κ3) is 9.46. The van der Waals surface area contributed by atoms with Gasteiger partial charge in [0, 0.05) is 26.7 Å². The molecule has 1 unspecified atom stereocenters. The molecular weight excluding hydrogens is 452 g/mol. The number of para-hydroxylation sites is 1. The van der Waals surface area contributed by atoms with Gasteiger partial charge in [-0.25, -0.2) is 0 Å². The third-order valence-electron chi connectivity index (χ3n) is 5.66. The first-order chi connectivity index (χ1) is 17.5. The van der Waals surface area contributed by atoms with Crippen molar-refractivity contribution in [1.29, 1.82) is 0 Å². The van der Waals surface area contributed by atoms with E-state index in [0.717, 1.165) is 30.8 Å². The van der Waals surface area contributed by atoms with Crippen LogP contribution in [0.25, 0.3) is 0 Å². The molecule has 0 aromatic heterocycles. The standard InChI is InChI=1S/C30H34N2O4/c1-3-19-31(2)30(34)24-36-29-16-14-25(15-17-29)18-20-32(21-26-10-6-4-7-11-26)22-27(33)23-35-28-12-8-5-9-13-28/h1,4-17,27,33H,18-24H2,2H3. The van der Waals surface area contributed by atoms with Gasteiger partial charge in [0.25, 0.3) is 5.91 Å². The van der Waals surface area contributed by atoms with Crippen molar-refractivity contribution >= 4 is 5.91 Å². The number of likely N-dealkylation sites (N-methyl/N-ethyl adjacent to an activating group) is 1. The van der Waals surface area contributed by atoms with Crippen molar-refractivity contribution in [2.45, 2.75) is 19.1 Å². The molecule has 3 aromatic rings. The highest BCUT2D eigenvalue weighted by atomic mass is 16.5. The number of terminal acetylenes is 1. The van der Waals surface area contributed by atoms with Gasteiger partial charge in [0.1, 0.15) is 24.2 Å². The number of aliphatic hydroxyl groups excluding tert-OH is 1. The van der Waals surface area contributed by atoms with E-state index in [2.05, 4.69) is 23.0 Å². The topological polar surface area (TPSA) is 62.2 Å². The first-order valence-electron chi connectivity index (χ1n) is 12.0. The molecule has 0 aliphatic carbocycles. The van der Waals surface area contributed by atoms with Gasteiger partial charge in [0.05, 0.1) is 6.54 Å². The van der Waals surface area contributed by atoms with Gasteiger partial charge < -0.3 is 19.5 Å². The van der Waals surface area contributed by atoms with E-state index in [1.54, 1.807) is 7.05 Å². The van der Waals surface area contributed by atoms with Crippen LogP contribution in [-0.4, -0.2) is 66.8 Å². The third-order valence-corrected chi connectivity index (χ3v) is 5.66. The van der Waals surface area contributed by atoms with Gasteiger partial charge in [-0.1, -0.05) is 66.6 Å². The highest BCUT2D eigenvalue weighted by Crippen LogP contribution is 2.15. The second-order valence-electron chi connectivity index (χ2n) is 8.64. The van der Waals surface area contributed by atoms with E-state index in [-0.39, 0.29) is 25.7 Å². The van der Waals surface area contributed by atoms with E-state index in [1.807, 2.05) is 72.8 Å². The maximum Gasteiger partial charge on any atom is 0.261 e. The lowest BCUT2D eigenvalue weighted by Crippen LogP contribution is -2.36. The second kappa shape index (κ2) is 14.6. The minimum atomic E-state index is -0.616.